The van der Waals surface area contributed by atoms with Crippen molar-refractivity contribution in [1.82, 2.24) is 5.32 Å². The summed E-state index contributed by atoms with van der Waals surface area (Å²) in [6.45, 7) is 2.96. The molecule has 2 atom stereocenters. The first kappa shape index (κ1) is 7.50. The van der Waals surface area contributed by atoms with E-state index in [1.165, 1.54) is 0 Å². The van der Waals surface area contributed by atoms with E-state index in [0.29, 0.717) is 19.6 Å². The summed E-state index contributed by atoms with van der Waals surface area (Å²) < 4.78 is 18.7. The summed E-state index contributed by atoms with van der Waals surface area (Å²) in [7, 11) is 0. The van der Waals surface area contributed by atoms with Gasteiger partial charge in [-0.1, -0.05) is 0 Å². The molecular formula is C8H14FNO. The van der Waals surface area contributed by atoms with E-state index in [2.05, 4.69) is 5.32 Å². The van der Waals surface area contributed by atoms with Crippen molar-refractivity contribution in [3.05, 3.63) is 0 Å². The van der Waals surface area contributed by atoms with E-state index in [0.717, 1.165) is 19.5 Å². The molecule has 0 radical (unpaired) electrons. The third kappa shape index (κ3) is 1.16. The second kappa shape index (κ2) is 2.72. The Bertz CT molecular complexity index is 145. The fraction of sp³-hybridized carbons (Fsp3) is 1.00. The van der Waals surface area contributed by atoms with E-state index in [1.54, 1.807) is 0 Å². The Balaban J connectivity index is 2.07. The number of alkyl halides is 1. The lowest BCUT2D eigenvalue weighted by molar-refractivity contribution is -0.0538. The zero-order valence-corrected chi connectivity index (χ0v) is 6.61. The second-order valence-electron chi connectivity index (χ2n) is 3.60. The molecule has 0 aromatic carbocycles. The molecule has 2 aliphatic heterocycles. The first-order valence-corrected chi connectivity index (χ1v) is 4.26. The first-order valence-electron chi connectivity index (χ1n) is 4.26. The lowest BCUT2D eigenvalue weighted by Gasteiger charge is -2.35. The van der Waals surface area contributed by atoms with Crippen LogP contribution in [0.5, 0.6) is 0 Å². The zero-order chi connectivity index (χ0) is 7.73. The molecule has 3 heteroatoms. The maximum absolute atomic E-state index is 13.4. The quantitative estimate of drug-likeness (QED) is 0.562. The van der Waals surface area contributed by atoms with Crippen LogP contribution in [0.25, 0.3) is 0 Å². The van der Waals surface area contributed by atoms with Gasteiger partial charge >= 0.3 is 0 Å². The van der Waals surface area contributed by atoms with Crippen LogP contribution in [0.1, 0.15) is 12.8 Å². The van der Waals surface area contributed by atoms with Gasteiger partial charge in [0.1, 0.15) is 6.17 Å². The molecule has 2 unspecified atom stereocenters. The molecule has 2 nitrogen and oxygen atoms in total. The van der Waals surface area contributed by atoms with Crippen LogP contribution < -0.4 is 5.32 Å². The van der Waals surface area contributed by atoms with Gasteiger partial charge in [0.15, 0.2) is 0 Å². The third-order valence-corrected chi connectivity index (χ3v) is 2.85. The summed E-state index contributed by atoms with van der Waals surface area (Å²) in [5.41, 5.74) is -0.168. The van der Waals surface area contributed by atoms with Crippen molar-refractivity contribution in [2.24, 2.45) is 5.41 Å². The standard InChI is InChI=1S/C8H14FNO/c9-7-1-4-11-6-8(7)2-3-10-5-8/h7,10H,1-6H2. The van der Waals surface area contributed by atoms with Crippen molar-refractivity contribution in [1.29, 1.82) is 0 Å². The van der Waals surface area contributed by atoms with Crippen LogP contribution in [0.15, 0.2) is 0 Å². The van der Waals surface area contributed by atoms with E-state index in [-0.39, 0.29) is 5.41 Å². The van der Waals surface area contributed by atoms with Crippen LogP contribution in [0.4, 0.5) is 4.39 Å². The van der Waals surface area contributed by atoms with Crippen molar-refractivity contribution < 1.29 is 9.13 Å². The monoisotopic (exact) mass is 159 g/mol. The summed E-state index contributed by atoms with van der Waals surface area (Å²) in [6.07, 6.45) is 0.877. The van der Waals surface area contributed by atoms with Crippen LogP contribution in [-0.4, -0.2) is 32.5 Å². The highest BCUT2D eigenvalue weighted by Gasteiger charge is 2.44. The molecule has 1 N–H and O–H groups in total. The Hall–Kier alpha value is -0.150. The highest BCUT2D eigenvalue weighted by atomic mass is 19.1. The van der Waals surface area contributed by atoms with Crippen molar-refractivity contribution in [3.8, 4) is 0 Å². The van der Waals surface area contributed by atoms with Gasteiger partial charge in [-0.05, 0) is 13.0 Å². The largest absolute Gasteiger partial charge is 0.381 e. The van der Waals surface area contributed by atoms with Gasteiger partial charge in [-0.3, -0.25) is 0 Å². The molecule has 2 rings (SSSR count). The lowest BCUT2D eigenvalue weighted by Crippen LogP contribution is -2.43. The predicted molar refractivity (Wildman–Crippen MR) is 40.3 cm³/mol. The number of hydrogen-bond donors (Lipinski definition) is 1. The Morgan fingerprint density at radius 2 is 2.45 bits per heavy atom. The van der Waals surface area contributed by atoms with Gasteiger partial charge in [-0.2, -0.15) is 0 Å². The summed E-state index contributed by atoms with van der Waals surface area (Å²) in [4.78, 5) is 0. The van der Waals surface area contributed by atoms with Crippen molar-refractivity contribution in [2.75, 3.05) is 26.3 Å². The predicted octanol–water partition coefficient (Wildman–Crippen LogP) is 0.724. The van der Waals surface area contributed by atoms with Gasteiger partial charge < -0.3 is 10.1 Å². The molecule has 0 bridgehead atoms. The fourth-order valence-electron chi connectivity index (χ4n) is 2.01. The Morgan fingerprint density at radius 3 is 3.09 bits per heavy atom. The van der Waals surface area contributed by atoms with Gasteiger partial charge in [0.25, 0.3) is 0 Å². The van der Waals surface area contributed by atoms with E-state index in [1.807, 2.05) is 0 Å². The Kier molecular flexibility index (Phi) is 1.85. The average Bonchev–Trinajstić information content (AvgIpc) is 2.46. The lowest BCUT2D eigenvalue weighted by atomic mass is 9.80. The minimum absolute atomic E-state index is 0.168. The van der Waals surface area contributed by atoms with Gasteiger partial charge in [0.05, 0.1) is 6.61 Å². The molecule has 2 saturated heterocycles. The average molecular weight is 159 g/mol. The molecule has 2 aliphatic rings. The number of hydrogen-bond acceptors (Lipinski definition) is 2. The van der Waals surface area contributed by atoms with E-state index >= 15 is 0 Å². The molecule has 0 saturated carbocycles. The van der Waals surface area contributed by atoms with Crippen molar-refractivity contribution >= 4 is 0 Å². The minimum Gasteiger partial charge on any atom is -0.381 e. The molecular weight excluding hydrogens is 145 g/mol. The summed E-state index contributed by atoms with van der Waals surface area (Å²) in [6, 6.07) is 0. The Labute approximate surface area is 66.1 Å². The maximum Gasteiger partial charge on any atom is 0.111 e. The molecule has 0 aliphatic carbocycles. The topological polar surface area (TPSA) is 21.3 Å². The van der Waals surface area contributed by atoms with Crippen LogP contribution in [0, 0.1) is 5.41 Å². The van der Waals surface area contributed by atoms with Crippen LogP contribution in [-0.2, 0) is 4.74 Å². The molecule has 2 heterocycles. The van der Waals surface area contributed by atoms with Crippen LogP contribution in [0.3, 0.4) is 0 Å². The summed E-state index contributed by atoms with van der Waals surface area (Å²) >= 11 is 0. The van der Waals surface area contributed by atoms with E-state index in [9.17, 15) is 4.39 Å². The number of halogens is 1. The van der Waals surface area contributed by atoms with Gasteiger partial charge in [-0.25, -0.2) is 4.39 Å². The molecule has 0 amide bonds. The zero-order valence-electron chi connectivity index (χ0n) is 6.61. The third-order valence-electron chi connectivity index (χ3n) is 2.85. The van der Waals surface area contributed by atoms with Gasteiger partial charge in [0, 0.05) is 25.0 Å². The smallest absolute Gasteiger partial charge is 0.111 e. The number of ether oxygens (including phenoxy) is 1. The molecule has 0 aromatic heterocycles. The van der Waals surface area contributed by atoms with Gasteiger partial charge in [-0.15, -0.1) is 0 Å². The molecule has 0 aromatic rings. The fourth-order valence-corrected chi connectivity index (χ4v) is 2.01. The molecule has 2 fully saturated rings. The first-order chi connectivity index (χ1) is 5.33. The summed E-state index contributed by atoms with van der Waals surface area (Å²) in [5.74, 6) is 0. The molecule has 1 spiro atoms. The molecule has 11 heavy (non-hydrogen) atoms. The maximum atomic E-state index is 13.4. The van der Waals surface area contributed by atoms with E-state index in [4.69, 9.17) is 4.74 Å². The SMILES string of the molecule is FC1CCOCC12CCNC2. The highest BCUT2D eigenvalue weighted by molar-refractivity contribution is 4.95. The van der Waals surface area contributed by atoms with Crippen LogP contribution in [0.2, 0.25) is 0 Å². The normalized spacial score (nSPS) is 45.0. The Morgan fingerprint density at radius 1 is 1.55 bits per heavy atom. The van der Waals surface area contributed by atoms with Crippen molar-refractivity contribution in [2.45, 2.75) is 19.0 Å². The summed E-state index contributed by atoms with van der Waals surface area (Å²) in [5, 5.41) is 3.19. The number of rotatable bonds is 0. The highest BCUT2D eigenvalue weighted by Crippen LogP contribution is 2.36. The second-order valence-corrected chi connectivity index (χ2v) is 3.60. The van der Waals surface area contributed by atoms with Crippen molar-refractivity contribution in [3.63, 3.8) is 0 Å². The number of nitrogens with one attached hydrogen (secondary N) is 1. The van der Waals surface area contributed by atoms with Crippen LogP contribution >= 0.6 is 0 Å². The van der Waals surface area contributed by atoms with E-state index < -0.39 is 6.17 Å². The van der Waals surface area contributed by atoms with Gasteiger partial charge in [0.2, 0.25) is 0 Å². The minimum atomic E-state index is -0.647. The molecule has 64 valence electrons.